The molecule has 1 saturated carbocycles. The van der Waals surface area contributed by atoms with Gasteiger partial charge >= 0.3 is 0 Å². The first-order chi connectivity index (χ1) is 6.75. The van der Waals surface area contributed by atoms with Gasteiger partial charge in [0.2, 0.25) is 0 Å². The van der Waals surface area contributed by atoms with E-state index in [1.165, 1.54) is 35.0 Å². The standard InChI is InChI=1S/C12H16BrN/c1-9-5-6-11(7-12(9)13)14-8-10-3-2-4-10/h5-7,10,14H,2-4,8H2,1H3. The zero-order valence-corrected chi connectivity index (χ0v) is 10.1. The van der Waals surface area contributed by atoms with Gasteiger partial charge in [0.05, 0.1) is 0 Å². The Hall–Kier alpha value is -0.500. The van der Waals surface area contributed by atoms with Gasteiger partial charge < -0.3 is 5.32 Å². The molecule has 1 nitrogen and oxygen atoms in total. The molecule has 1 N–H and O–H groups in total. The van der Waals surface area contributed by atoms with Gasteiger partial charge in [-0.2, -0.15) is 0 Å². The summed E-state index contributed by atoms with van der Waals surface area (Å²) in [5, 5.41) is 3.48. The molecule has 76 valence electrons. The van der Waals surface area contributed by atoms with Crippen LogP contribution in [0.3, 0.4) is 0 Å². The molecule has 14 heavy (non-hydrogen) atoms. The van der Waals surface area contributed by atoms with Gasteiger partial charge in [-0.15, -0.1) is 0 Å². The summed E-state index contributed by atoms with van der Waals surface area (Å²) in [6.07, 6.45) is 4.23. The van der Waals surface area contributed by atoms with Crippen molar-refractivity contribution in [2.75, 3.05) is 11.9 Å². The minimum absolute atomic E-state index is 0.912. The summed E-state index contributed by atoms with van der Waals surface area (Å²) in [6.45, 7) is 3.25. The van der Waals surface area contributed by atoms with Gasteiger partial charge in [-0.3, -0.25) is 0 Å². The van der Waals surface area contributed by atoms with Gasteiger partial charge in [0.15, 0.2) is 0 Å². The van der Waals surface area contributed by atoms with Crippen molar-refractivity contribution < 1.29 is 0 Å². The molecular formula is C12H16BrN. The fraction of sp³-hybridized carbons (Fsp3) is 0.500. The molecular weight excluding hydrogens is 238 g/mol. The minimum Gasteiger partial charge on any atom is -0.385 e. The first-order valence-corrected chi connectivity index (χ1v) is 6.05. The molecule has 0 aromatic heterocycles. The lowest BCUT2D eigenvalue weighted by Gasteiger charge is -2.25. The Labute approximate surface area is 94.0 Å². The zero-order valence-electron chi connectivity index (χ0n) is 8.52. The monoisotopic (exact) mass is 253 g/mol. The quantitative estimate of drug-likeness (QED) is 0.860. The highest BCUT2D eigenvalue weighted by molar-refractivity contribution is 9.10. The van der Waals surface area contributed by atoms with E-state index in [0.29, 0.717) is 0 Å². The van der Waals surface area contributed by atoms with E-state index in [-0.39, 0.29) is 0 Å². The van der Waals surface area contributed by atoms with Gasteiger partial charge in [0.1, 0.15) is 0 Å². The average molecular weight is 254 g/mol. The van der Waals surface area contributed by atoms with Crippen LogP contribution >= 0.6 is 15.9 Å². The average Bonchev–Trinajstić information content (AvgIpc) is 2.08. The van der Waals surface area contributed by atoms with E-state index in [1.807, 2.05) is 0 Å². The predicted octanol–water partition coefficient (Wildman–Crippen LogP) is 3.97. The van der Waals surface area contributed by atoms with Crippen molar-refractivity contribution in [2.24, 2.45) is 5.92 Å². The molecule has 1 aliphatic rings. The highest BCUT2D eigenvalue weighted by Gasteiger charge is 2.16. The summed E-state index contributed by atoms with van der Waals surface area (Å²) in [5.41, 5.74) is 2.52. The second kappa shape index (κ2) is 4.35. The number of aryl methyl sites for hydroxylation is 1. The molecule has 0 amide bonds. The fourth-order valence-electron chi connectivity index (χ4n) is 1.66. The topological polar surface area (TPSA) is 12.0 Å². The van der Waals surface area contributed by atoms with Crippen molar-refractivity contribution in [2.45, 2.75) is 26.2 Å². The summed E-state index contributed by atoms with van der Waals surface area (Å²) in [6, 6.07) is 6.46. The van der Waals surface area contributed by atoms with E-state index in [2.05, 4.69) is 46.4 Å². The third-order valence-electron chi connectivity index (χ3n) is 2.99. The Bertz CT molecular complexity index is 318. The van der Waals surface area contributed by atoms with Crippen LogP contribution < -0.4 is 5.32 Å². The number of halogens is 1. The van der Waals surface area contributed by atoms with Gasteiger partial charge in [-0.25, -0.2) is 0 Å². The maximum Gasteiger partial charge on any atom is 0.0351 e. The maximum absolute atomic E-state index is 3.54. The molecule has 1 fully saturated rings. The summed E-state index contributed by atoms with van der Waals surface area (Å²) in [5.74, 6) is 0.912. The van der Waals surface area contributed by atoms with E-state index >= 15 is 0 Å². The number of nitrogens with one attached hydrogen (secondary N) is 1. The molecule has 0 spiro atoms. The molecule has 0 heterocycles. The molecule has 1 aromatic carbocycles. The van der Waals surface area contributed by atoms with E-state index in [9.17, 15) is 0 Å². The molecule has 2 heteroatoms. The van der Waals surface area contributed by atoms with Crippen molar-refractivity contribution >= 4 is 21.6 Å². The van der Waals surface area contributed by atoms with Crippen molar-refractivity contribution in [1.82, 2.24) is 0 Å². The van der Waals surface area contributed by atoms with Crippen LogP contribution in [-0.2, 0) is 0 Å². The Balaban J connectivity index is 1.91. The second-order valence-corrected chi connectivity index (χ2v) is 5.00. The number of hydrogen-bond acceptors (Lipinski definition) is 1. The number of anilines is 1. The van der Waals surface area contributed by atoms with Crippen LogP contribution in [0.4, 0.5) is 5.69 Å². The lowest BCUT2D eigenvalue weighted by molar-refractivity contribution is 0.333. The van der Waals surface area contributed by atoms with Gasteiger partial charge in [-0.05, 0) is 43.4 Å². The van der Waals surface area contributed by atoms with E-state index in [4.69, 9.17) is 0 Å². The summed E-state index contributed by atoms with van der Waals surface area (Å²) >= 11 is 3.54. The van der Waals surface area contributed by atoms with Crippen LogP contribution in [0, 0.1) is 12.8 Å². The van der Waals surface area contributed by atoms with E-state index < -0.39 is 0 Å². The third kappa shape index (κ3) is 2.30. The van der Waals surface area contributed by atoms with Gasteiger partial charge in [0, 0.05) is 16.7 Å². The Morgan fingerprint density at radius 2 is 2.21 bits per heavy atom. The maximum atomic E-state index is 3.54. The number of rotatable bonds is 3. The van der Waals surface area contributed by atoms with Crippen molar-refractivity contribution in [3.05, 3.63) is 28.2 Å². The van der Waals surface area contributed by atoms with Gasteiger partial charge in [-0.1, -0.05) is 28.4 Å². The van der Waals surface area contributed by atoms with E-state index in [0.717, 1.165) is 12.5 Å². The predicted molar refractivity (Wildman–Crippen MR) is 64.7 cm³/mol. The number of hydrogen-bond donors (Lipinski definition) is 1. The largest absolute Gasteiger partial charge is 0.385 e. The summed E-state index contributed by atoms with van der Waals surface area (Å²) in [7, 11) is 0. The van der Waals surface area contributed by atoms with Crippen molar-refractivity contribution in [3.8, 4) is 0 Å². The minimum atomic E-state index is 0.912. The smallest absolute Gasteiger partial charge is 0.0351 e. The highest BCUT2D eigenvalue weighted by atomic mass is 79.9. The molecule has 0 saturated heterocycles. The Morgan fingerprint density at radius 1 is 1.43 bits per heavy atom. The molecule has 1 aliphatic carbocycles. The van der Waals surface area contributed by atoms with Crippen LogP contribution in [0.25, 0.3) is 0 Å². The first-order valence-electron chi connectivity index (χ1n) is 5.26. The summed E-state index contributed by atoms with van der Waals surface area (Å²) < 4.78 is 1.19. The molecule has 1 aromatic rings. The van der Waals surface area contributed by atoms with Crippen LogP contribution in [0.5, 0.6) is 0 Å². The molecule has 2 rings (SSSR count). The molecule has 0 bridgehead atoms. The van der Waals surface area contributed by atoms with Crippen LogP contribution in [0.15, 0.2) is 22.7 Å². The fourth-order valence-corrected chi connectivity index (χ4v) is 2.04. The van der Waals surface area contributed by atoms with E-state index in [1.54, 1.807) is 0 Å². The third-order valence-corrected chi connectivity index (χ3v) is 3.85. The van der Waals surface area contributed by atoms with Crippen LogP contribution in [0.1, 0.15) is 24.8 Å². The number of benzene rings is 1. The lowest BCUT2D eigenvalue weighted by Crippen LogP contribution is -2.20. The highest BCUT2D eigenvalue weighted by Crippen LogP contribution is 2.27. The van der Waals surface area contributed by atoms with Crippen molar-refractivity contribution in [3.63, 3.8) is 0 Å². The zero-order chi connectivity index (χ0) is 9.97. The second-order valence-electron chi connectivity index (χ2n) is 4.14. The molecule has 0 atom stereocenters. The molecule has 0 radical (unpaired) electrons. The first kappa shape index (κ1) is 10.0. The molecule has 0 unspecified atom stereocenters. The SMILES string of the molecule is Cc1ccc(NCC2CCC2)cc1Br. The Morgan fingerprint density at radius 3 is 2.79 bits per heavy atom. The van der Waals surface area contributed by atoms with Crippen LogP contribution in [-0.4, -0.2) is 6.54 Å². The normalized spacial score (nSPS) is 16.4. The van der Waals surface area contributed by atoms with Crippen molar-refractivity contribution in [1.29, 1.82) is 0 Å². The molecule has 0 aliphatic heterocycles. The summed E-state index contributed by atoms with van der Waals surface area (Å²) in [4.78, 5) is 0. The Kier molecular flexibility index (Phi) is 3.12. The van der Waals surface area contributed by atoms with Gasteiger partial charge in [0.25, 0.3) is 0 Å². The lowest BCUT2D eigenvalue weighted by atomic mass is 9.85. The van der Waals surface area contributed by atoms with Crippen LogP contribution in [0.2, 0.25) is 0 Å².